The van der Waals surface area contributed by atoms with E-state index in [-0.39, 0.29) is 17.7 Å². The van der Waals surface area contributed by atoms with E-state index in [1.54, 1.807) is 30.9 Å². The van der Waals surface area contributed by atoms with Gasteiger partial charge in [0.05, 0.1) is 22.9 Å². The standard InChI is InChI=1S/C22H15ClN6O/c1-11-16(9-28-21-20(11)25-2-3-26-21)12-4-13-7-19(27-10-17(13)18(23)6-12)29-22(30)15-5-14(15)8-24/h2-4,6-7,9-10,14-15H,5H2,1H3,(H,27,29,30). The van der Waals surface area contributed by atoms with Gasteiger partial charge >= 0.3 is 0 Å². The summed E-state index contributed by atoms with van der Waals surface area (Å²) in [6, 6.07) is 7.77. The van der Waals surface area contributed by atoms with Gasteiger partial charge in [-0.2, -0.15) is 5.26 Å². The van der Waals surface area contributed by atoms with Crippen molar-refractivity contribution in [3.05, 3.63) is 53.6 Å². The van der Waals surface area contributed by atoms with Crippen LogP contribution in [0.5, 0.6) is 0 Å². The maximum Gasteiger partial charge on any atom is 0.230 e. The lowest BCUT2D eigenvalue weighted by Gasteiger charge is -2.11. The van der Waals surface area contributed by atoms with Gasteiger partial charge in [0.25, 0.3) is 0 Å². The van der Waals surface area contributed by atoms with Gasteiger partial charge in [-0.15, -0.1) is 0 Å². The highest BCUT2D eigenvalue weighted by Crippen LogP contribution is 2.39. The number of nitrogens with zero attached hydrogens (tertiary/aromatic N) is 5. The Morgan fingerprint density at radius 2 is 2.00 bits per heavy atom. The molecule has 0 radical (unpaired) electrons. The summed E-state index contributed by atoms with van der Waals surface area (Å²) in [5, 5.41) is 13.9. The Bertz CT molecular complexity index is 1380. The normalized spacial score (nSPS) is 17.6. The summed E-state index contributed by atoms with van der Waals surface area (Å²) in [6.07, 6.45) is 7.27. The minimum Gasteiger partial charge on any atom is -0.310 e. The van der Waals surface area contributed by atoms with Crippen LogP contribution in [0, 0.1) is 30.1 Å². The third-order valence-corrected chi connectivity index (χ3v) is 5.71. The molecule has 1 aliphatic rings. The molecule has 5 rings (SSSR count). The van der Waals surface area contributed by atoms with Gasteiger partial charge in [-0.25, -0.2) is 15.0 Å². The van der Waals surface area contributed by atoms with E-state index in [0.29, 0.717) is 22.9 Å². The van der Waals surface area contributed by atoms with E-state index in [0.717, 1.165) is 33.0 Å². The SMILES string of the molecule is Cc1c(-c2cc(Cl)c3cnc(NC(=O)C4CC4C#N)cc3c2)cnc2nccnc12. The van der Waals surface area contributed by atoms with Gasteiger partial charge in [0.15, 0.2) is 5.65 Å². The van der Waals surface area contributed by atoms with E-state index in [2.05, 4.69) is 31.3 Å². The van der Waals surface area contributed by atoms with Crippen molar-refractivity contribution >= 4 is 45.3 Å². The van der Waals surface area contributed by atoms with Gasteiger partial charge in [0.1, 0.15) is 11.3 Å². The predicted molar refractivity (Wildman–Crippen MR) is 114 cm³/mol. The number of nitriles is 1. The maximum atomic E-state index is 12.3. The van der Waals surface area contributed by atoms with E-state index < -0.39 is 0 Å². The molecule has 1 N–H and O–H groups in total. The molecule has 30 heavy (non-hydrogen) atoms. The summed E-state index contributed by atoms with van der Waals surface area (Å²) >= 11 is 6.53. The summed E-state index contributed by atoms with van der Waals surface area (Å²) in [5.41, 5.74) is 4.09. The first-order valence-electron chi connectivity index (χ1n) is 9.41. The molecule has 1 fully saturated rings. The number of pyridine rings is 2. The van der Waals surface area contributed by atoms with Crippen molar-refractivity contribution in [1.29, 1.82) is 5.26 Å². The number of benzene rings is 1. The molecule has 1 aliphatic carbocycles. The van der Waals surface area contributed by atoms with Crippen LogP contribution in [0.3, 0.4) is 0 Å². The molecule has 2 unspecified atom stereocenters. The maximum absolute atomic E-state index is 12.3. The number of aryl methyl sites for hydroxylation is 1. The van der Waals surface area contributed by atoms with Crippen LogP contribution in [-0.4, -0.2) is 25.8 Å². The van der Waals surface area contributed by atoms with E-state index >= 15 is 0 Å². The fourth-order valence-corrected chi connectivity index (χ4v) is 3.89. The van der Waals surface area contributed by atoms with Gasteiger partial charge in [-0.3, -0.25) is 9.78 Å². The molecule has 3 heterocycles. The molecule has 1 saturated carbocycles. The molecule has 0 bridgehead atoms. The van der Waals surface area contributed by atoms with Crippen LogP contribution in [0.15, 0.2) is 43.0 Å². The lowest BCUT2D eigenvalue weighted by molar-refractivity contribution is -0.117. The van der Waals surface area contributed by atoms with Gasteiger partial charge in [-0.05, 0) is 48.1 Å². The van der Waals surface area contributed by atoms with Crippen molar-refractivity contribution < 1.29 is 4.79 Å². The fourth-order valence-electron chi connectivity index (χ4n) is 3.61. The Morgan fingerprint density at radius 3 is 2.80 bits per heavy atom. The number of hydrogen-bond acceptors (Lipinski definition) is 6. The third kappa shape index (κ3) is 3.11. The van der Waals surface area contributed by atoms with Gasteiger partial charge in [-0.1, -0.05) is 11.6 Å². The second-order valence-corrected chi connectivity index (χ2v) is 7.75. The van der Waals surface area contributed by atoms with Crippen molar-refractivity contribution in [2.24, 2.45) is 11.8 Å². The molecule has 2 atom stereocenters. The molecular formula is C22H15ClN6O. The van der Waals surface area contributed by atoms with Crippen LogP contribution in [0.1, 0.15) is 12.0 Å². The number of carbonyl (C=O) groups is 1. The molecular weight excluding hydrogens is 400 g/mol. The molecule has 8 heteroatoms. The molecule has 1 amide bonds. The van der Waals surface area contributed by atoms with E-state index in [1.807, 2.05) is 19.1 Å². The summed E-state index contributed by atoms with van der Waals surface area (Å²) < 4.78 is 0. The average Bonchev–Trinajstić information content (AvgIpc) is 3.54. The van der Waals surface area contributed by atoms with Crippen LogP contribution in [0.4, 0.5) is 5.82 Å². The highest BCUT2D eigenvalue weighted by Gasteiger charge is 2.43. The summed E-state index contributed by atoms with van der Waals surface area (Å²) in [6.45, 7) is 1.98. The number of carbonyl (C=O) groups excluding carboxylic acids is 1. The highest BCUT2D eigenvalue weighted by atomic mass is 35.5. The number of nitrogens with one attached hydrogen (secondary N) is 1. The molecule has 0 spiro atoms. The largest absolute Gasteiger partial charge is 0.310 e. The number of aromatic nitrogens is 4. The van der Waals surface area contributed by atoms with Crippen LogP contribution in [0.25, 0.3) is 33.1 Å². The molecule has 0 aliphatic heterocycles. The number of amides is 1. The van der Waals surface area contributed by atoms with Crippen molar-refractivity contribution in [3.8, 4) is 17.2 Å². The van der Waals surface area contributed by atoms with Crippen molar-refractivity contribution in [2.75, 3.05) is 5.32 Å². The lowest BCUT2D eigenvalue weighted by Crippen LogP contribution is -2.15. The van der Waals surface area contributed by atoms with Crippen molar-refractivity contribution in [1.82, 2.24) is 19.9 Å². The minimum atomic E-state index is -0.255. The van der Waals surface area contributed by atoms with Gasteiger partial charge in [0, 0.05) is 35.7 Å². The fraction of sp³-hybridized carbons (Fsp3) is 0.182. The average molecular weight is 415 g/mol. The predicted octanol–water partition coefficient (Wildman–Crippen LogP) is 4.30. The molecule has 4 aromatic rings. The van der Waals surface area contributed by atoms with Gasteiger partial charge < -0.3 is 5.32 Å². The summed E-state index contributed by atoms with van der Waals surface area (Å²) in [5.74, 6) is -0.194. The Hall–Kier alpha value is -3.63. The number of fused-ring (bicyclic) bond motifs is 2. The number of hydrogen-bond donors (Lipinski definition) is 1. The van der Waals surface area contributed by atoms with E-state index in [1.165, 1.54) is 0 Å². The monoisotopic (exact) mass is 414 g/mol. The lowest BCUT2D eigenvalue weighted by atomic mass is 9.99. The second-order valence-electron chi connectivity index (χ2n) is 7.34. The highest BCUT2D eigenvalue weighted by molar-refractivity contribution is 6.36. The molecule has 1 aromatic carbocycles. The first-order valence-corrected chi connectivity index (χ1v) is 9.79. The molecule has 0 saturated heterocycles. The molecule has 3 aromatic heterocycles. The van der Waals surface area contributed by atoms with Crippen LogP contribution < -0.4 is 5.32 Å². The van der Waals surface area contributed by atoms with Crippen LogP contribution in [0.2, 0.25) is 5.02 Å². The van der Waals surface area contributed by atoms with Crippen LogP contribution in [-0.2, 0) is 4.79 Å². The zero-order valence-electron chi connectivity index (χ0n) is 15.9. The third-order valence-electron chi connectivity index (χ3n) is 5.40. The first-order chi connectivity index (χ1) is 14.5. The zero-order valence-corrected chi connectivity index (χ0v) is 16.7. The number of rotatable bonds is 3. The quantitative estimate of drug-likeness (QED) is 0.535. The van der Waals surface area contributed by atoms with Gasteiger partial charge in [0.2, 0.25) is 5.91 Å². The topological polar surface area (TPSA) is 104 Å². The smallest absolute Gasteiger partial charge is 0.230 e. The summed E-state index contributed by atoms with van der Waals surface area (Å²) in [4.78, 5) is 29.6. The summed E-state index contributed by atoms with van der Waals surface area (Å²) in [7, 11) is 0. The Morgan fingerprint density at radius 1 is 1.17 bits per heavy atom. The van der Waals surface area contributed by atoms with Crippen molar-refractivity contribution in [2.45, 2.75) is 13.3 Å². The Kier molecular flexibility index (Phi) is 4.30. The number of halogens is 1. The van der Waals surface area contributed by atoms with Crippen molar-refractivity contribution in [3.63, 3.8) is 0 Å². The van der Waals surface area contributed by atoms with E-state index in [4.69, 9.17) is 16.9 Å². The Labute approximate surface area is 176 Å². The molecule has 7 nitrogen and oxygen atoms in total. The van der Waals surface area contributed by atoms with Crippen LogP contribution >= 0.6 is 11.6 Å². The second kappa shape index (κ2) is 7.01. The molecule has 146 valence electrons. The number of anilines is 1. The Balaban J connectivity index is 1.55. The van der Waals surface area contributed by atoms with E-state index in [9.17, 15) is 4.79 Å². The first kappa shape index (κ1) is 18.4. The zero-order chi connectivity index (χ0) is 20.8. The minimum absolute atomic E-state index is 0.177.